The summed E-state index contributed by atoms with van der Waals surface area (Å²) in [6.45, 7) is 1.79. The number of nitriles is 1. The number of aromatic nitrogens is 2. The number of rotatable bonds is 4. The van der Waals surface area contributed by atoms with Crippen LogP contribution < -0.4 is 4.74 Å². The Hall–Kier alpha value is -2.55. The lowest BCUT2D eigenvalue weighted by Gasteiger charge is -2.03. The lowest BCUT2D eigenvalue weighted by atomic mass is 10.1. The van der Waals surface area contributed by atoms with E-state index >= 15 is 0 Å². The molecule has 6 heteroatoms. The first-order valence-electron chi connectivity index (χ1n) is 5.73. The first kappa shape index (κ1) is 12.9. The van der Waals surface area contributed by atoms with Crippen LogP contribution in [0.1, 0.15) is 12.8 Å². The lowest BCUT2D eigenvalue weighted by molar-refractivity contribution is 0.369. The van der Waals surface area contributed by atoms with Crippen molar-refractivity contribution < 1.29 is 14.4 Å². The van der Waals surface area contributed by atoms with Gasteiger partial charge in [0.05, 0.1) is 19.1 Å². The summed E-state index contributed by atoms with van der Waals surface area (Å²) < 4.78 is 10.1. The SMILES string of the molecule is COc1cc(-c2noc(CC(C)C#N)n2)ccc1O. The van der Waals surface area contributed by atoms with E-state index in [2.05, 4.69) is 16.2 Å². The lowest BCUT2D eigenvalue weighted by Crippen LogP contribution is -1.96. The Morgan fingerprint density at radius 3 is 3.00 bits per heavy atom. The molecule has 0 aliphatic carbocycles. The van der Waals surface area contributed by atoms with Gasteiger partial charge in [-0.1, -0.05) is 5.16 Å². The summed E-state index contributed by atoms with van der Waals surface area (Å²) in [6, 6.07) is 6.90. The van der Waals surface area contributed by atoms with Crippen molar-refractivity contribution in [3.63, 3.8) is 0 Å². The summed E-state index contributed by atoms with van der Waals surface area (Å²) in [4.78, 5) is 4.21. The van der Waals surface area contributed by atoms with Crippen LogP contribution in [0, 0.1) is 17.2 Å². The third-order valence-corrected chi connectivity index (χ3v) is 2.61. The number of hydrogen-bond acceptors (Lipinski definition) is 6. The number of hydrogen-bond donors (Lipinski definition) is 1. The molecule has 1 atom stereocenters. The van der Waals surface area contributed by atoms with Crippen molar-refractivity contribution in [3.05, 3.63) is 24.1 Å². The molecule has 1 aromatic carbocycles. The first-order chi connectivity index (χ1) is 9.13. The predicted molar refractivity (Wildman–Crippen MR) is 66.4 cm³/mol. The summed E-state index contributed by atoms with van der Waals surface area (Å²) in [5.41, 5.74) is 0.675. The van der Waals surface area contributed by atoms with Gasteiger partial charge >= 0.3 is 0 Å². The Kier molecular flexibility index (Phi) is 3.66. The second kappa shape index (κ2) is 5.40. The molecule has 6 nitrogen and oxygen atoms in total. The molecular weight excluding hydrogens is 246 g/mol. The van der Waals surface area contributed by atoms with Gasteiger partial charge in [-0.15, -0.1) is 0 Å². The van der Waals surface area contributed by atoms with Crippen molar-refractivity contribution in [2.45, 2.75) is 13.3 Å². The van der Waals surface area contributed by atoms with E-state index in [1.165, 1.54) is 13.2 Å². The summed E-state index contributed by atoms with van der Waals surface area (Å²) >= 11 is 0. The molecule has 0 aliphatic heterocycles. The van der Waals surface area contributed by atoms with Crippen molar-refractivity contribution in [1.82, 2.24) is 10.1 Å². The fourth-order valence-corrected chi connectivity index (χ4v) is 1.58. The number of phenols is 1. The van der Waals surface area contributed by atoms with Gasteiger partial charge in [-0.05, 0) is 25.1 Å². The highest BCUT2D eigenvalue weighted by molar-refractivity contribution is 5.60. The van der Waals surface area contributed by atoms with Crippen LogP contribution in [0.25, 0.3) is 11.4 Å². The van der Waals surface area contributed by atoms with Gasteiger partial charge in [0.25, 0.3) is 0 Å². The first-order valence-corrected chi connectivity index (χ1v) is 5.73. The minimum Gasteiger partial charge on any atom is -0.504 e. The second-order valence-electron chi connectivity index (χ2n) is 4.13. The molecule has 2 rings (SSSR count). The normalized spacial score (nSPS) is 11.8. The number of nitrogens with zero attached hydrogens (tertiary/aromatic N) is 3. The van der Waals surface area contributed by atoms with E-state index in [0.29, 0.717) is 29.4 Å². The van der Waals surface area contributed by atoms with Crippen LogP contribution in [-0.4, -0.2) is 22.4 Å². The van der Waals surface area contributed by atoms with Gasteiger partial charge in [0, 0.05) is 12.0 Å². The molecule has 2 aromatic rings. The van der Waals surface area contributed by atoms with Gasteiger partial charge < -0.3 is 14.4 Å². The standard InChI is InChI=1S/C13H13N3O3/c1-8(7-14)5-12-15-13(16-19-12)9-3-4-10(17)11(6-9)18-2/h3-4,6,8,17H,5H2,1-2H3. The zero-order chi connectivity index (χ0) is 13.8. The van der Waals surface area contributed by atoms with Crippen molar-refractivity contribution in [2.24, 2.45) is 5.92 Å². The number of ether oxygens (including phenoxy) is 1. The highest BCUT2D eigenvalue weighted by Crippen LogP contribution is 2.30. The second-order valence-corrected chi connectivity index (χ2v) is 4.13. The minimum atomic E-state index is -0.178. The molecule has 1 N–H and O–H groups in total. The summed E-state index contributed by atoms with van der Waals surface area (Å²) in [7, 11) is 1.47. The van der Waals surface area contributed by atoms with Crippen LogP contribution in [0.2, 0.25) is 0 Å². The van der Waals surface area contributed by atoms with Crippen molar-refractivity contribution in [3.8, 4) is 29.0 Å². The Labute approximate surface area is 110 Å². The molecule has 0 saturated heterocycles. The quantitative estimate of drug-likeness (QED) is 0.904. The smallest absolute Gasteiger partial charge is 0.228 e. The van der Waals surface area contributed by atoms with E-state index in [1.807, 2.05) is 0 Å². The van der Waals surface area contributed by atoms with E-state index in [9.17, 15) is 5.11 Å². The van der Waals surface area contributed by atoms with Crippen LogP contribution in [-0.2, 0) is 6.42 Å². The van der Waals surface area contributed by atoms with E-state index in [0.717, 1.165) is 0 Å². The van der Waals surface area contributed by atoms with Crippen molar-refractivity contribution in [1.29, 1.82) is 5.26 Å². The van der Waals surface area contributed by atoms with Crippen LogP contribution in [0.5, 0.6) is 11.5 Å². The zero-order valence-electron chi connectivity index (χ0n) is 10.6. The van der Waals surface area contributed by atoms with Crippen LogP contribution in [0.3, 0.4) is 0 Å². The van der Waals surface area contributed by atoms with E-state index in [-0.39, 0.29) is 11.7 Å². The van der Waals surface area contributed by atoms with Gasteiger partial charge in [-0.25, -0.2) is 0 Å². The molecule has 0 spiro atoms. The van der Waals surface area contributed by atoms with Crippen LogP contribution >= 0.6 is 0 Å². The maximum atomic E-state index is 9.51. The Morgan fingerprint density at radius 1 is 1.53 bits per heavy atom. The molecule has 0 radical (unpaired) electrons. The van der Waals surface area contributed by atoms with Crippen LogP contribution in [0.4, 0.5) is 0 Å². The Morgan fingerprint density at radius 2 is 2.32 bits per heavy atom. The highest BCUT2D eigenvalue weighted by Gasteiger charge is 2.13. The average Bonchev–Trinajstić information content (AvgIpc) is 2.87. The summed E-state index contributed by atoms with van der Waals surface area (Å²) in [5, 5.41) is 22.1. The largest absolute Gasteiger partial charge is 0.504 e. The topological polar surface area (TPSA) is 92.2 Å². The Balaban J connectivity index is 2.25. The molecular formula is C13H13N3O3. The molecule has 19 heavy (non-hydrogen) atoms. The summed E-state index contributed by atoms with van der Waals surface area (Å²) in [6.07, 6.45) is 0.415. The molecule has 0 saturated carbocycles. The van der Waals surface area contributed by atoms with Gasteiger partial charge in [0.2, 0.25) is 11.7 Å². The van der Waals surface area contributed by atoms with Crippen molar-refractivity contribution in [2.75, 3.05) is 7.11 Å². The van der Waals surface area contributed by atoms with Gasteiger partial charge in [0.15, 0.2) is 11.5 Å². The number of methoxy groups -OCH3 is 1. The zero-order valence-corrected chi connectivity index (χ0v) is 10.6. The third kappa shape index (κ3) is 2.83. The minimum absolute atomic E-state index is 0.0491. The van der Waals surface area contributed by atoms with Crippen LogP contribution in [0.15, 0.2) is 22.7 Å². The Bertz CT molecular complexity index is 616. The maximum Gasteiger partial charge on any atom is 0.228 e. The van der Waals surface area contributed by atoms with Gasteiger partial charge in [-0.3, -0.25) is 0 Å². The molecule has 0 aliphatic rings. The molecule has 0 bridgehead atoms. The fourth-order valence-electron chi connectivity index (χ4n) is 1.58. The maximum absolute atomic E-state index is 9.51. The predicted octanol–water partition coefficient (Wildman–Crippen LogP) is 2.15. The molecule has 98 valence electrons. The molecule has 1 heterocycles. The molecule has 1 unspecified atom stereocenters. The molecule has 1 aromatic heterocycles. The molecule has 0 amide bonds. The average molecular weight is 259 g/mol. The fraction of sp³-hybridized carbons (Fsp3) is 0.308. The number of aromatic hydroxyl groups is 1. The molecule has 0 fully saturated rings. The van der Waals surface area contributed by atoms with E-state index in [4.69, 9.17) is 14.5 Å². The number of phenolic OH excluding ortho intramolecular Hbond substituents is 1. The monoisotopic (exact) mass is 259 g/mol. The summed E-state index contributed by atoms with van der Waals surface area (Å²) in [5.74, 6) is 1.03. The van der Waals surface area contributed by atoms with E-state index in [1.54, 1.807) is 19.1 Å². The number of benzene rings is 1. The third-order valence-electron chi connectivity index (χ3n) is 2.61. The van der Waals surface area contributed by atoms with E-state index < -0.39 is 0 Å². The highest BCUT2D eigenvalue weighted by atomic mass is 16.5. The van der Waals surface area contributed by atoms with Gasteiger partial charge in [-0.2, -0.15) is 10.2 Å². The van der Waals surface area contributed by atoms with Crippen molar-refractivity contribution >= 4 is 0 Å². The van der Waals surface area contributed by atoms with Gasteiger partial charge in [0.1, 0.15) is 0 Å².